The molecule has 130 valence electrons. The highest BCUT2D eigenvalue weighted by Gasteiger charge is 2.24. The summed E-state index contributed by atoms with van der Waals surface area (Å²) < 4.78 is 32.5. The third-order valence-electron chi connectivity index (χ3n) is 3.42. The van der Waals surface area contributed by atoms with E-state index in [1.165, 1.54) is 18.3 Å². The van der Waals surface area contributed by atoms with Crippen LogP contribution in [0.2, 0.25) is 0 Å². The molecule has 24 heavy (non-hydrogen) atoms. The van der Waals surface area contributed by atoms with Crippen LogP contribution in [0.4, 0.5) is 20.5 Å². The molecule has 0 radical (unpaired) electrons. The minimum absolute atomic E-state index is 0.0431. The van der Waals surface area contributed by atoms with Crippen molar-refractivity contribution in [1.29, 1.82) is 0 Å². The maximum atomic E-state index is 13.4. The van der Waals surface area contributed by atoms with Gasteiger partial charge in [0.1, 0.15) is 6.61 Å². The highest BCUT2D eigenvalue weighted by molar-refractivity contribution is 5.51. The fourth-order valence-corrected chi connectivity index (χ4v) is 2.10. The van der Waals surface area contributed by atoms with Crippen molar-refractivity contribution >= 4 is 11.8 Å². The molecule has 1 aromatic heterocycles. The molecule has 0 aliphatic carbocycles. The predicted octanol–water partition coefficient (Wildman–Crippen LogP) is 3.96. The van der Waals surface area contributed by atoms with Gasteiger partial charge < -0.3 is 15.8 Å². The lowest BCUT2D eigenvalue weighted by Gasteiger charge is -2.14. The minimum atomic E-state index is -2.88. The summed E-state index contributed by atoms with van der Waals surface area (Å²) in [7, 11) is 0. The highest BCUT2D eigenvalue weighted by Crippen LogP contribution is 2.28. The third kappa shape index (κ3) is 5.04. The number of aromatic nitrogens is 2. The average Bonchev–Trinajstić information content (AvgIpc) is 2.54. The summed E-state index contributed by atoms with van der Waals surface area (Å²) in [6, 6.07) is 6.15. The Bertz CT molecular complexity index is 674. The van der Waals surface area contributed by atoms with Gasteiger partial charge in [0.15, 0.2) is 11.6 Å². The number of halogens is 2. The smallest absolute Gasteiger partial charge is 0.270 e. The Morgan fingerprint density at radius 1 is 1.33 bits per heavy atom. The standard InChI is InChI=1S/C17H22F2N4O/c1-3-4-8-21-15-14(10-22-16(20)23-15)24-11-12-6-5-7-13(9-12)17(2,18)19/h5-7,9-10H,3-4,8,11H2,1-2H3,(H3,20,21,22,23). The number of nitrogens with zero attached hydrogens (tertiary/aromatic N) is 2. The monoisotopic (exact) mass is 336 g/mol. The van der Waals surface area contributed by atoms with E-state index in [-0.39, 0.29) is 18.1 Å². The maximum Gasteiger partial charge on any atom is 0.270 e. The molecule has 1 aromatic carbocycles. The molecule has 5 nitrogen and oxygen atoms in total. The number of rotatable bonds is 8. The van der Waals surface area contributed by atoms with Gasteiger partial charge in [0, 0.05) is 19.0 Å². The number of benzene rings is 1. The van der Waals surface area contributed by atoms with Gasteiger partial charge in [-0.25, -0.2) is 13.8 Å². The number of hydrogen-bond donors (Lipinski definition) is 2. The van der Waals surface area contributed by atoms with Crippen molar-refractivity contribution in [2.24, 2.45) is 0 Å². The molecular formula is C17H22F2N4O. The highest BCUT2D eigenvalue weighted by atomic mass is 19.3. The number of anilines is 2. The van der Waals surface area contributed by atoms with Crippen molar-refractivity contribution in [3.8, 4) is 5.75 Å². The predicted molar refractivity (Wildman–Crippen MR) is 90.2 cm³/mol. The Morgan fingerprint density at radius 2 is 2.12 bits per heavy atom. The molecule has 0 unspecified atom stereocenters. The van der Waals surface area contributed by atoms with Crippen molar-refractivity contribution in [2.75, 3.05) is 17.6 Å². The second-order valence-corrected chi connectivity index (χ2v) is 5.60. The Kier molecular flexibility index (Phi) is 5.89. The molecule has 0 amide bonds. The van der Waals surface area contributed by atoms with Crippen LogP contribution in [0.1, 0.15) is 37.8 Å². The van der Waals surface area contributed by atoms with Crippen molar-refractivity contribution in [2.45, 2.75) is 39.2 Å². The minimum Gasteiger partial charge on any atom is -0.483 e. The molecule has 0 bridgehead atoms. The average molecular weight is 336 g/mol. The van der Waals surface area contributed by atoms with Gasteiger partial charge in [0.05, 0.1) is 6.20 Å². The van der Waals surface area contributed by atoms with E-state index in [0.29, 0.717) is 17.1 Å². The summed E-state index contributed by atoms with van der Waals surface area (Å²) in [5.74, 6) is -1.79. The van der Waals surface area contributed by atoms with Crippen LogP contribution in [0.3, 0.4) is 0 Å². The summed E-state index contributed by atoms with van der Waals surface area (Å²) in [5.41, 5.74) is 6.21. The van der Waals surface area contributed by atoms with Gasteiger partial charge in [0.2, 0.25) is 5.95 Å². The van der Waals surface area contributed by atoms with Crippen molar-refractivity contribution in [1.82, 2.24) is 9.97 Å². The Labute approximate surface area is 140 Å². The van der Waals surface area contributed by atoms with E-state index in [9.17, 15) is 8.78 Å². The second kappa shape index (κ2) is 7.90. The fourth-order valence-electron chi connectivity index (χ4n) is 2.10. The summed E-state index contributed by atoms with van der Waals surface area (Å²) in [6.45, 7) is 3.83. The molecule has 2 rings (SSSR count). The molecule has 0 saturated heterocycles. The summed E-state index contributed by atoms with van der Waals surface area (Å²) >= 11 is 0. The SMILES string of the molecule is CCCCNc1nc(N)ncc1OCc1cccc(C(C)(F)F)c1. The molecule has 0 aliphatic rings. The van der Waals surface area contributed by atoms with Crippen LogP contribution in [0.25, 0.3) is 0 Å². The molecule has 2 aromatic rings. The first-order valence-electron chi connectivity index (χ1n) is 7.86. The van der Waals surface area contributed by atoms with Gasteiger partial charge in [-0.1, -0.05) is 31.5 Å². The fraction of sp³-hybridized carbons (Fsp3) is 0.412. The van der Waals surface area contributed by atoms with Gasteiger partial charge in [-0.2, -0.15) is 4.98 Å². The lowest BCUT2D eigenvalue weighted by molar-refractivity contribution is 0.0173. The number of ether oxygens (including phenoxy) is 1. The van der Waals surface area contributed by atoms with Gasteiger partial charge >= 0.3 is 0 Å². The normalized spacial score (nSPS) is 11.3. The quantitative estimate of drug-likeness (QED) is 0.714. The first kappa shape index (κ1) is 17.9. The number of nitrogens with one attached hydrogen (secondary N) is 1. The van der Waals surface area contributed by atoms with E-state index in [1.54, 1.807) is 12.1 Å². The van der Waals surface area contributed by atoms with Gasteiger partial charge in [-0.05, 0) is 18.1 Å². The van der Waals surface area contributed by atoms with E-state index >= 15 is 0 Å². The van der Waals surface area contributed by atoms with Crippen LogP contribution in [-0.4, -0.2) is 16.5 Å². The Hall–Kier alpha value is -2.44. The molecule has 0 spiro atoms. The maximum absolute atomic E-state index is 13.4. The summed E-state index contributed by atoms with van der Waals surface area (Å²) in [4.78, 5) is 8.04. The zero-order valence-electron chi connectivity index (χ0n) is 13.9. The van der Waals surface area contributed by atoms with E-state index in [1.807, 2.05) is 0 Å². The third-order valence-corrected chi connectivity index (χ3v) is 3.42. The molecule has 0 saturated carbocycles. The summed E-state index contributed by atoms with van der Waals surface area (Å²) in [5, 5.41) is 3.15. The lowest BCUT2D eigenvalue weighted by Crippen LogP contribution is -2.10. The van der Waals surface area contributed by atoms with E-state index in [0.717, 1.165) is 26.3 Å². The van der Waals surface area contributed by atoms with Crippen LogP contribution < -0.4 is 15.8 Å². The van der Waals surface area contributed by atoms with Crippen molar-refractivity contribution in [3.63, 3.8) is 0 Å². The molecular weight excluding hydrogens is 314 g/mol. The first-order valence-corrected chi connectivity index (χ1v) is 7.86. The number of nitrogen functional groups attached to an aromatic ring is 1. The summed E-state index contributed by atoms with van der Waals surface area (Å²) in [6.07, 6.45) is 3.51. The van der Waals surface area contributed by atoms with Crippen LogP contribution in [-0.2, 0) is 12.5 Å². The van der Waals surface area contributed by atoms with E-state index in [4.69, 9.17) is 10.5 Å². The molecule has 0 aliphatic heterocycles. The van der Waals surface area contributed by atoms with E-state index in [2.05, 4.69) is 22.2 Å². The molecule has 3 N–H and O–H groups in total. The van der Waals surface area contributed by atoms with Crippen LogP contribution >= 0.6 is 0 Å². The number of unbranched alkanes of at least 4 members (excludes halogenated alkanes) is 1. The van der Waals surface area contributed by atoms with Crippen LogP contribution in [0.15, 0.2) is 30.5 Å². The number of hydrogen-bond acceptors (Lipinski definition) is 5. The number of nitrogens with two attached hydrogens (primary N) is 1. The number of alkyl halides is 2. The van der Waals surface area contributed by atoms with Crippen molar-refractivity contribution in [3.05, 3.63) is 41.6 Å². The largest absolute Gasteiger partial charge is 0.483 e. The molecule has 7 heteroatoms. The first-order chi connectivity index (χ1) is 11.4. The van der Waals surface area contributed by atoms with Gasteiger partial charge in [-0.15, -0.1) is 0 Å². The van der Waals surface area contributed by atoms with Crippen LogP contribution in [0.5, 0.6) is 5.75 Å². The Morgan fingerprint density at radius 3 is 2.83 bits per heavy atom. The van der Waals surface area contributed by atoms with Gasteiger partial charge in [0.25, 0.3) is 5.92 Å². The second-order valence-electron chi connectivity index (χ2n) is 5.60. The van der Waals surface area contributed by atoms with E-state index < -0.39 is 5.92 Å². The zero-order chi connectivity index (χ0) is 17.6. The van der Waals surface area contributed by atoms with Gasteiger partial charge in [-0.3, -0.25) is 0 Å². The van der Waals surface area contributed by atoms with Crippen LogP contribution in [0, 0.1) is 0 Å². The lowest BCUT2D eigenvalue weighted by atomic mass is 10.1. The zero-order valence-corrected chi connectivity index (χ0v) is 13.9. The molecule has 1 heterocycles. The topological polar surface area (TPSA) is 73.1 Å². The van der Waals surface area contributed by atoms with Crippen molar-refractivity contribution < 1.29 is 13.5 Å². The molecule has 0 atom stereocenters. The Balaban J connectivity index is 2.09. The molecule has 0 fully saturated rings.